The summed E-state index contributed by atoms with van der Waals surface area (Å²) in [7, 11) is 0. The number of ether oxygens (including phenoxy) is 1. The van der Waals surface area contributed by atoms with E-state index in [1.807, 2.05) is 20.8 Å². The van der Waals surface area contributed by atoms with E-state index < -0.39 is 0 Å². The van der Waals surface area contributed by atoms with Crippen molar-refractivity contribution in [3.8, 4) is 12.3 Å². The maximum Gasteiger partial charge on any atom is 0.293 e. The molecular weight excluding hydrogens is 202 g/mol. The molecule has 0 bridgehead atoms. The van der Waals surface area contributed by atoms with Crippen LogP contribution in [0, 0.1) is 18.3 Å². The minimum Gasteiger partial charge on any atom is -0.462 e. The fourth-order valence-electron chi connectivity index (χ4n) is 1.40. The Balaban J connectivity index is 0.000000293. The van der Waals surface area contributed by atoms with E-state index in [-0.39, 0.29) is 5.60 Å². The van der Waals surface area contributed by atoms with E-state index in [1.54, 1.807) is 0 Å². The molecule has 3 heteroatoms. The van der Waals surface area contributed by atoms with Crippen LogP contribution >= 0.6 is 0 Å². The second kappa shape index (κ2) is 8.18. The highest BCUT2D eigenvalue weighted by atomic mass is 16.5. The summed E-state index contributed by atoms with van der Waals surface area (Å²) in [6.45, 7) is 8.24. The summed E-state index contributed by atoms with van der Waals surface area (Å²) in [5.41, 5.74) is -0.318. The SMILES string of the molecule is C#CCC1CCNCC1.CC(C)(C)OC=O. The van der Waals surface area contributed by atoms with Crippen LogP contribution in [-0.4, -0.2) is 25.2 Å². The lowest BCUT2D eigenvalue weighted by Crippen LogP contribution is -2.27. The summed E-state index contributed by atoms with van der Waals surface area (Å²) >= 11 is 0. The molecular formula is C13H23NO2. The third-order valence-corrected chi connectivity index (χ3v) is 2.27. The van der Waals surface area contributed by atoms with Crippen LogP contribution in [0.3, 0.4) is 0 Å². The van der Waals surface area contributed by atoms with Crippen LogP contribution in [-0.2, 0) is 9.53 Å². The molecule has 1 N–H and O–H groups in total. The van der Waals surface area contributed by atoms with Crippen LogP contribution in [0.4, 0.5) is 0 Å². The predicted molar refractivity (Wildman–Crippen MR) is 65.9 cm³/mol. The van der Waals surface area contributed by atoms with Gasteiger partial charge in [0.2, 0.25) is 0 Å². The highest BCUT2D eigenvalue weighted by Crippen LogP contribution is 2.14. The first-order valence-corrected chi connectivity index (χ1v) is 5.75. The van der Waals surface area contributed by atoms with Gasteiger partial charge in [-0.25, -0.2) is 0 Å². The highest BCUT2D eigenvalue weighted by molar-refractivity contribution is 5.37. The van der Waals surface area contributed by atoms with Gasteiger partial charge in [0.15, 0.2) is 0 Å². The average molecular weight is 225 g/mol. The first-order chi connectivity index (χ1) is 7.49. The fraction of sp³-hybridized carbons (Fsp3) is 0.769. The third kappa shape index (κ3) is 9.54. The molecule has 1 fully saturated rings. The molecule has 16 heavy (non-hydrogen) atoms. The molecule has 3 nitrogen and oxygen atoms in total. The highest BCUT2D eigenvalue weighted by Gasteiger charge is 2.10. The number of hydrogen-bond donors (Lipinski definition) is 1. The van der Waals surface area contributed by atoms with Gasteiger partial charge in [-0.3, -0.25) is 4.79 Å². The van der Waals surface area contributed by atoms with Gasteiger partial charge in [0, 0.05) is 6.42 Å². The van der Waals surface area contributed by atoms with Crippen molar-refractivity contribution in [3.05, 3.63) is 0 Å². The van der Waals surface area contributed by atoms with Crippen molar-refractivity contribution in [2.75, 3.05) is 13.1 Å². The van der Waals surface area contributed by atoms with Gasteiger partial charge in [-0.1, -0.05) is 0 Å². The Morgan fingerprint density at radius 1 is 1.44 bits per heavy atom. The molecule has 0 aliphatic carbocycles. The zero-order chi connectivity index (χ0) is 12.4. The van der Waals surface area contributed by atoms with Crippen molar-refractivity contribution >= 4 is 6.47 Å². The van der Waals surface area contributed by atoms with E-state index in [1.165, 1.54) is 12.8 Å². The van der Waals surface area contributed by atoms with Crippen molar-refractivity contribution < 1.29 is 9.53 Å². The molecule has 0 unspecified atom stereocenters. The summed E-state index contributed by atoms with van der Waals surface area (Å²) in [5, 5.41) is 3.30. The molecule has 1 rings (SSSR count). The van der Waals surface area contributed by atoms with Crippen LogP contribution in [0.15, 0.2) is 0 Å². The van der Waals surface area contributed by atoms with Crippen LogP contribution in [0.25, 0.3) is 0 Å². The summed E-state index contributed by atoms with van der Waals surface area (Å²) in [5.74, 6) is 3.51. The second-order valence-electron chi connectivity index (χ2n) is 4.93. The lowest BCUT2D eigenvalue weighted by molar-refractivity contribution is -0.138. The Kier molecular flexibility index (Phi) is 7.66. The van der Waals surface area contributed by atoms with Gasteiger partial charge in [0.1, 0.15) is 5.60 Å². The molecule has 0 atom stereocenters. The number of nitrogens with one attached hydrogen (secondary N) is 1. The Hall–Kier alpha value is -1.01. The van der Waals surface area contributed by atoms with Gasteiger partial charge in [-0.05, 0) is 52.6 Å². The first kappa shape index (κ1) is 15.0. The van der Waals surface area contributed by atoms with Crippen molar-refractivity contribution in [2.24, 2.45) is 5.92 Å². The number of hydrogen-bond acceptors (Lipinski definition) is 3. The molecule has 1 aliphatic heterocycles. The van der Waals surface area contributed by atoms with E-state index in [0.717, 1.165) is 25.4 Å². The van der Waals surface area contributed by atoms with Gasteiger partial charge in [-0.2, -0.15) is 0 Å². The summed E-state index contributed by atoms with van der Waals surface area (Å²) < 4.78 is 4.55. The van der Waals surface area contributed by atoms with Crippen molar-refractivity contribution in [3.63, 3.8) is 0 Å². The maximum atomic E-state index is 9.60. The van der Waals surface area contributed by atoms with Gasteiger partial charge in [0.05, 0.1) is 0 Å². The number of carbonyl (C=O) groups is 1. The molecule has 1 saturated heterocycles. The van der Waals surface area contributed by atoms with Crippen LogP contribution in [0.5, 0.6) is 0 Å². The summed E-state index contributed by atoms with van der Waals surface area (Å²) in [6.07, 6.45) is 8.70. The van der Waals surface area contributed by atoms with E-state index in [2.05, 4.69) is 16.0 Å². The second-order valence-corrected chi connectivity index (χ2v) is 4.93. The zero-order valence-electron chi connectivity index (χ0n) is 10.6. The Bertz CT molecular complexity index is 219. The Morgan fingerprint density at radius 2 is 2.00 bits per heavy atom. The molecule has 0 saturated carbocycles. The van der Waals surface area contributed by atoms with Crippen molar-refractivity contribution in [1.82, 2.24) is 5.32 Å². The van der Waals surface area contributed by atoms with Gasteiger partial charge in [0.25, 0.3) is 6.47 Å². The van der Waals surface area contributed by atoms with Crippen LogP contribution in [0.2, 0.25) is 0 Å². The minimum absolute atomic E-state index is 0.318. The molecule has 0 spiro atoms. The standard InChI is InChI=1S/C8H13N.C5H10O2/c1-2-3-8-4-6-9-7-5-8;1-5(2,3)7-4-6/h1,8-9H,3-7H2;4H,1-3H3. The Morgan fingerprint density at radius 3 is 2.31 bits per heavy atom. The molecule has 1 aliphatic rings. The van der Waals surface area contributed by atoms with E-state index in [9.17, 15) is 4.79 Å². The van der Waals surface area contributed by atoms with Gasteiger partial charge >= 0.3 is 0 Å². The number of piperidine rings is 1. The fourth-order valence-corrected chi connectivity index (χ4v) is 1.40. The first-order valence-electron chi connectivity index (χ1n) is 5.75. The zero-order valence-corrected chi connectivity index (χ0v) is 10.6. The van der Waals surface area contributed by atoms with Crippen molar-refractivity contribution in [1.29, 1.82) is 0 Å². The minimum atomic E-state index is -0.318. The van der Waals surface area contributed by atoms with E-state index in [0.29, 0.717) is 6.47 Å². The summed E-state index contributed by atoms with van der Waals surface area (Å²) in [6, 6.07) is 0. The molecule has 0 aromatic carbocycles. The third-order valence-electron chi connectivity index (χ3n) is 2.27. The number of rotatable bonds is 2. The largest absolute Gasteiger partial charge is 0.462 e. The van der Waals surface area contributed by atoms with Crippen molar-refractivity contribution in [2.45, 2.75) is 45.6 Å². The quantitative estimate of drug-likeness (QED) is 0.577. The average Bonchev–Trinajstić information content (AvgIpc) is 2.19. The van der Waals surface area contributed by atoms with Gasteiger partial charge < -0.3 is 10.1 Å². The molecule has 92 valence electrons. The van der Waals surface area contributed by atoms with E-state index in [4.69, 9.17) is 6.42 Å². The summed E-state index contributed by atoms with van der Waals surface area (Å²) in [4.78, 5) is 9.60. The molecule has 0 amide bonds. The molecule has 0 radical (unpaired) electrons. The van der Waals surface area contributed by atoms with Gasteiger partial charge in [-0.15, -0.1) is 12.3 Å². The Labute approximate surface area is 98.9 Å². The molecule has 0 aromatic heterocycles. The van der Waals surface area contributed by atoms with Crippen LogP contribution in [0.1, 0.15) is 40.0 Å². The topological polar surface area (TPSA) is 38.3 Å². The smallest absolute Gasteiger partial charge is 0.293 e. The number of terminal acetylenes is 1. The maximum absolute atomic E-state index is 9.60. The van der Waals surface area contributed by atoms with Crippen LogP contribution < -0.4 is 5.32 Å². The number of carbonyl (C=O) groups excluding carboxylic acids is 1. The molecule has 0 aromatic rings. The monoisotopic (exact) mass is 225 g/mol. The predicted octanol–water partition coefficient (Wildman–Crippen LogP) is 1.97. The normalized spacial score (nSPS) is 16.6. The van der Waals surface area contributed by atoms with E-state index >= 15 is 0 Å². The molecule has 1 heterocycles. The lowest BCUT2D eigenvalue weighted by atomic mass is 9.95. The lowest BCUT2D eigenvalue weighted by Gasteiger charge is -2.19.